The Labute approximate surface area is 160 Å². The van der Waals surface area contributed by atoms with E-state index >= 15 is 0 Å². The molecule has 0 radical (unpaired) electrons. The van der Waals surface area contributed by atoms with Gasteiger partial charge in [0.25, 0.3) is 0 Å². The van der Waals surface area contributed by atoms with Crippen LogP contribution >= 0.6 is 15.9 Å². The van der Waals surface area contributed by atoms with E-state index in [4.69, 9.17) is 0 Å². The minimum absolute atomic E-state index is 0.459. The summed E-state index contributed by atoms with van der Waals surface area (Å²) in [5.41, 5.74) is 1.09. The average Bonchev–Trinajstić information content (AvgIpc) is 2.87. The van der Waals surface area contributed by atoms with Crippen LogP contribution in [0.15, 0.2) is 57.8 Å². The van der Waals surface area contributed by atoms with Gasteiger partial charge in [0.05, 0.1) is 16.7 Å². The van der Waals surface area contributed by atoms with E-state index in [1.807, 2.05) is 5.32 Å². The highest BCUT2D eigenvalue weighted by molar-refractivity contribution is 9.10. The Bertz CT molecular complexity index is 1040. The maximum atomic E-state index is 12.9. The summed E-state index contributed by atoms with van der Waals surface area (Å²) in [6.45, 7) is 0.342. The zero-order valence-corrected chi connectivity index (χ0v) is 15.7. The molecule has 1 N–H and O–H groups in total. The van der Waals surface area contributed by atoms with Gasteiger partial charge in [-0.25, -0.2) is 4.79 Å². The largest absolute Gasteiger partial charge is 0.408 e. The highest BCUT2D eigenvalue weighted by Gasteiger charge is 2.37. The fourth-order valence-electron chi connectivity index (χ4n) is 2.71. The fraction of sp³-hybridized carbons (Fsp3) is 0.222. The van der Waals surface area contributed by atoms with Crippen molar-refractivity contribution in [1.82, 2.24) is 14.5 Å². The van der Waals surface area contributed by atoms with Crippen LogP contribution in [0.5, 0.6) is 0 Å². The summed E-state index contributed by atoms with van der Waals surface area (Å²) in [6.07, 6.45) is -4.55. The molecule has 0 aliphatic rings. The molecular formula is C18H15BrF3N3O2. The number of para-hydroxylation sites is 2. The highest BCUT2D eigenvalue weighted by Crippen LogP contribution is 2.21. The number of imidazole rings is 1. The number of amides is 1. The molecule has 0 bridgehead atoms. The number of fused-ring (bicyclic) bond motifs is 1. The number of aromatic nitrogens is 2. The summed E-state index contributed by atoms with van der Waals surface area (Å²) in [6, 6.07) is 11.8. The number of nitrogens with one attached hydrogen (secondary N) is 1. The minimum atomic E-state index is -4.55. The van der Waals surface area contributed by atoms with E-state index < -0.39 is 30.4 Å². The van der Waals surface area contributed by atoms with Crippen molar-refractivity contribution in [2.75, 3.05) is 0 Å². The Morgan fingerprint density at radius 1 is 1.11 bits per heavy atom. The molecule has 1 aromatic heterocycles. The molecule has 1 amide bonds. The summed E-state index contributed by atoms with van der Waals surface area (Å²) < 4.78 is 41.4. The number of halogens is 4. The maximum Gasteiger partial charge on any atom is 0.408 e. The van der Waals surface area contributed by atoms with Crippen LogP contribution in [-0.4, -0.2) is 27.3 Å². The lowest BCUT2D eigenvalue weighted by Crippen LogP contribution is -2.45. The third kappa shape index (κ3) is 3.92. The molecule has 0 spiro atoms. The Kier molecular flexibility index (Phi) is 5.14. The van der Waals surface area contributed by atoms with Crippen molar-refractivity contribution in [2.45, 2.75) is 25.7 Å². The van der Waals surface area contributed by atoms with Gasteiger partial charge >= 0.3 is 11.9 Å². The smallest absolute Gasteiger partial charge is 0.343 e. The maximum absolute atomic E-state index is 12.9. The molecule has 0 aliphatic carbocycles. The predicted molar refractivity (Wildman–Crippen MR) is 98.9 cm³/mol. The number of hydrogen-bond donors (Lipinski definition) is 1. The number of carbonyl (C=O) groups excluding carboxylic acids is 1. The van der Waals surface area contributed by atoms with Crippen LogP contribution in [-0.2, 0) is 11.3 Å². The molecule has 0 unspecified atom stereocenters. The van der Waals surface area contributed by atoms with Gasteiger partial charge in [-0.15, -0.1) is 0 Å². The second kappa shape index (κ2) is 7.22. The standard InChI is InChI=1S/C18H15BrF3N3O2/c1-11(18(20,21)22)23-16(26)10-24-14-4-2-3-5-15(14)25(17(24)27)13-8-6-12(19)7-9-13/h2-9,11H,10H2,1H3,(H,23,26)/t11-/m0/s1. The van der Waals surface area contributed by atoms with Crippen LogP contribution in [0.4, 0.5) is 13.2 Å². The lowest BCUT2D eigenvalue weighted by Gasteiger charge is -2.17. The van der Waals surface area contributed by atoms with Crippen molar-refractivity contribution < 1.29 is 18.0 Å². The van der Waals surface area contributed by atoms with Gasteiger partial charge in [0.15, 0.2) is 0 Å². The third-order valence-corrected chi connectivity index (χ3v) is 4.62. The van der Waals surface area contributed by atoms with Gasteiger partial charge < -0.3 is 5.32 Å². The van der Waals surface area contributed by atoms with E-state index in [0.717, 1.165) is 16.0 Å². The molecule has 9 heteroatoms. The quantitative estimate of drug-likeness (QED) is 0.671. The third-order valence-electron chi connectivity index (χ3n) is 4.09. The summed E-state index contributed by atoms with van der Waals surface area (Å²) in [5, 5.41) is 1.88. The van der Waals surface area contributed by atoms with Crippen molar-refractivity contribution in [2.24, 2.45) is 0 Å². The molecule has 2 aromatic carbocycles. The molecule has 0 saturated heterocycles. The molecule has 27 heavy (non-hydrogen) atoms. The van der Waals surface area contributed by atoms with Crippen LogP contribution in [0.25, 0.3) is 16.7 Å². The lowest BCUT2D eigenvalue weighted by atomic mass is 10.3. The average molecular weight is 442 g/mol. The topological polar surface area (TPSA) is 56.0 Å². The number of rotatable bonds is 4. The second-order valence-corrected chi connectivity index (χ2v) is 6.92. The van der Waals surface area contributed by atoms with Gasteiger partial charge in [-0.05, 0) is 43.3 Å². The molecule has 0 fully saturated rings. The Balaban J connectivity index is 2.02. The molecule has 1 atom stereocenters. The van der Waals surface area contributed by atoms with Crippen LogP contribution in [0.2, 0.25) is 0 Å². The van der Waals surface area contributed by atoms with Crippen LogP contribution in [0.3, 0.4) is 0 Å². The monoisotopic (exact) mass is 441 g/mol. The van der Waals surface area contributed by atoms with Crippen molar-refractivity contribution >= 4 is 32.9 Å². The van der Waals surface area contributed by atoms with Crippen molar-refractivity contribution in [3.8, 4) is 5.69 Å². The number of alkyl halides is 3. The van der Waals surface area contributed by atoms with Gasteiger partial charge in [0.2, 0.25) is 5.91 Å². The first-order valence-corrected chi connectivity index (χ1v) is 8.80. The first-order chi connectivity index (χ1) is 12.7. The number of hydrogen-bond acceptors (Lipinski definition) is 2. The van der Waals surface area contributed by atoms with Crippen molar-refractivity contribution in [1.29, 1.82) is 0 Å². The van der Waals surface area contributed by atoms with Gasteiger partial charge in [-0.3, -0.25) is 13.9 Å². The van der Waals surface area contributed by atoms with Crippen LogP contribution in [0, 0.1) is 0 Å². The van der Waals surface area contributed by atoms with E-state index in [1.165, 1.54) is 4.57 Å². The van der Waals surface area contributed by atoms with E-state index in [0.29, 0.717) is 16.7 Å². The van der Waals surface area contributed by atoms with Crippen molar-refractivity contribution in [3.05, 3.63) is 63.5 Å². The van der Waals surface area contributed by atoms with Crippen molar-refractivity contribution in [3.63, 3.8) is 0 Å². The lowest BCUT2D eigenvalue weighted by molar-refractivity contribution is -0.158. The molecule has 3 aromatic rings. The first kappa shape index (κ1) is 19.2. The zero-order chi connectivity index (χ0) is 19.8. The molecule has 5 nitrogen and oxygen atoms in total. The number of carbonyl (C=O) groups is 1. The Morgan fingerprint density at radius 2 is 1.70 bits per heavy atom. The van der Waals surface area contributed by atoms with E-state index in [1.54, 1.807) is 48.5 Å². The van der Waals surface area contributed by atoms with Crippen LogP contribution < -0.4 is 11.0 Å². The van der Waals surface area contributed by atoms with E-state index in [9.17, 15) is 22.8 Å². The molecule has 0 aliphatic heterocycles. The van der Waals surface area contributed by atoms with Gasteiger partial charge in [0, 0.05) is 4.47 Å². The first-order valence-electron chi connectivity index (χ1n) is 8.01. The number of benzene rings is 2. The SMILES string of the molecule is C[C@H](NC(=O)Cn1c(=O)n(-c2ccc(Br)cc2)c2ccccc21)C(F)(F)F. The molecule has 3 rings (SSSR count). The van der Waals surface area contributed by atoms with Gasteiger partial charge in [-0.1, -0.05) is 28.1 Å². The van der Waals surface area contributed by atoms with Gasteiger partial charge in [-0.2, -0.15) is 13.2 Å². The molecule has 142 valence electrons. The zero-order valence-electron chi connectivity index (χ0n) is 14.1. The molecule has 0 saturated carbocycles. The Morgan fingerprint density at radius 3 is 2.30 bits per heavy atom. The normalized spacial score (nSPS) is 12.9. The predicted octanol–water partition coefficient (Wildman–Crippen LogP) is 3.62. The summed E-state index contributed by atoms with van der Waals surface area (Å²) in [5.74, 6) is -0.888. The second-order valence-electron chi connectivity index (χ2n) is 6.00. The fourth-order valence-corrected chi connectivity index (χ4v) is 2.98. The Hall–Kier alpha value is -2.55. The van der Waals surface area contributed by atoms with E-state index in [-0.39, 0.29) is 0 Å². The minimum Gasteiger partial charge on any atom is -0.343 e. The molecular weight excluding hydrogens is 427 g/mol. The summed E-state index contributed by atoms with van der Waals surface area (Å²) in [4.78, 5) is 25.0. The molecule has 1 heterocycles. The number of nitrogens with zero attached hydrogens (tertiary/aromatic N) is 2. The van der Waals surface area contributed by atoms with E-state index in [2.05, 4.69) is 15.9 Å². The summed E-state index contributed by atoms with van der Waals surface area (Å²) >= 11 is 3.33. The van der Waals surface area contributed by atoms with Crippen LogP contribution in [0.1, 0.15) is 6.92 Å². The summed E-state index contributed by atoms with van der Waals surface area (Å²) in [7, 11) is 0. The highest BCUT2D eigenvalue weighted by atomic mass is 79.9. The van der Waals surface area contributed by atoms with Gasteiger partial charge in [0.1, 0.15) is 12.6 Å².